The predicted octanol–water partition coefficient (Wildman–Crippen LogP) is 3.32. The van der Waals surface area contributed by atoms with Crippen molar-refractivity contribution < 1.29 is 0 Å². The quantitative estimate of drug-likeness (QED) is 0.371. The van der Waals surface area contributed by atoms with E-state index in [1.165, 1.54) is 12.8 Å². The zero-order valence-electron chi connectivity index (χ0n) is 14.3. The van der Waals surface area contributed by atoms with Gasteiger partial charge in [-0.05, 0) is 12.8 Å². The molecule has 1 aromatic heterocycles. The van der Waals surface area contributed by atoms with Crippen LogP contribution in [-0.2, 0) is 6.54 Å². The van der Waals surface area contributed by atoms with Crippen LogP contribution < -0.4 is 15.5 Å². The second-order valence-corrected chi connectivity index (χ2v) is 6.11. The zero-order chi connectivity index (χ0) is 15.7. The van der Waals surface area contributed by atoms with E-state index in [4.69, 9.17) is 0 Å². The number of aromatic nitrogens is 1. The van der Waals surface area contributed by atoms with E-state index in [2.05, 4.69) is 46.8 Å². The van der Waals surface area contributed by atoms with Crippen molar-refractivity contribution in [3.8, 4) is 0 Å². The zero-order valence-corrected chi connectivity index (χ0v) is 17.5. The van der Waals surface area contributed by atoms with E-state index in [1.54, 1.807) is 11.3 Å². The second-order valence-electron chi connectivity index (χ2n) is 5.27. The Bertz CT molecular complexity index is 429. The Morgan fingerprint density at radius 3 is 2.45 bits per heavy atom. The molecule has 0 aliphatic heterocycles. The molecule has 0 amide bonds. The summed E-state index contributed by atoms with van der Waals surface area (Å²) in [6, 6.07) is 0. The van der Waals surface area contributed by atoms with Crippen LogP contribution in [0, 0.1) is 5.92 Å². The van der Waals surface area contributed by atoms with Gasteiger partial charge in [-0.15, -0.1) is 35.3 Å². The van der Waals surface area contributed by atoms with Gasteiger partial charge >= 0.3 is 0 Å². The molecule has 1 rings (SSSR count). The molecule has 0 aromatic carbocycles. The Labute approximate surface area is 156 Å². The Morgan fingerprint density at radius 2 is 1.95 bits per heavy atom. The fraction of sp³-hybridized carbons (Fsp3) is 0.733. The van der Waals surface area contributed by atoms with Crippen molar-refractivity contribution in [2.45, 2.75) is 40.2 Å². The number of hydrogen-bond acceptors (Lipinski definition) is 4. The Kier molecular flexibility index (Phi) is 11.6. The summed E-state index contributed by atoms with van der Waals surface area (Å²) >= 11 is 1.65. The molecule has 0 spiro atoms. The molecule has 0 saturated heterocycles. The first kappa shape index (κ1) is 21.4. The number of nitrogens with zero attached hydrogens (tertiary/aromatic N) is 3. The summed E-state index contributed by atoms with van der Waals surface area (Å²) < 4.78 is 0. The highest BCUT2D eigenvalue weighted by molar-refractivity contribution is 14.0. The summed E-state index contributed by atoms with van der Waals surface area (Å²) in [6.45, 7) is 9.01. The Morgan fingerprint density at radius 1 is 1.27 bits per heavy atom. The topological polar surface area (TPSA) is 52.6 Å². The molecular weight excluding hydrogens is 409 g/mol. The average Bonchev–Trinajstić information content (AvgIpc) is 2.94. The predicted molar refractivity (Wildman–Crippen MR) is 109 cm³/mol. The summed E-state index contributed by atoms with van der Waals surface area (Å²) in [5, 5.41) is 9.81. The normalized spacial score (nSPS) is 11.3. The summed E-state index contributed by atoms with van der Waals surface area (Å²) in [4.78, 5) is 11.2. The number of halogens is 1. The first-order chi connectivity index (χ1) is 10.1. The highest BCUT2D eigenvalue weighted by Gasteiger charge is 2.06. The number of anilines is 1. The van der Waals surface area contributed by atoms with Crippen molar-refractivity contribution >= 4 is 46.4 Å². The van der Waals surface area contributed by atoms with E-state index < -0.39 is 0 Å². The standard InChI is InChI=1S/C15H29N5S.HI/c1-6-12(7-2)9-17-14(16-8-3)18-10-13-11-21-15(19-13)20(4)5;/h11-12H,6-10H2,1-5H3,(H2,16,17,18);1H. The molecule has 0 aliphatic carbocycles. The van der Waals surface area contributed by atoms with E-state index in [9.17, 15) is 0 Å². The molecular formula is C15H30IN5S. The molecule has 0 saturated carbocycles. The van der Waals surface area contributed by atoms with Gasteiger partial charge in [0.15, 0.2) is 11.1 Å². The Balaban J connectivity index is 0.00000441. The number of thiazole rings is 1. The third-order valence-electron chi connectivity index (χ3n) is 3.38. The molecule has 0 atom stereocenters. The van der Waals surface area contributed by atoms with Crippen LogP contribution in [0.5, 0.6) is 0 Å². The maximum atomic E-state index is 4.62. The monoisotopic (exact) mass is 439 g/mol. The van der Waals surface area contributed by atoms with Crippen molar-refractivity contribution in [2.75, 3.05) is 32.1 Å². The van der Waals surface area contributed by atoms with Gasteiger partial charge in [-0.2, -0.15) is 0 Å². The molecule has 1 aromatic rings. The smallest absolute Gasteiger partial charge is 0.191 e. The molecule has 7 heteroatoms. The maximum absolute atomic E-state index is 4.62. The minimum atomic E-state index is 0. The van der Waals surface area contributed by atoms with Crippen LogP contribution in [-0.4, -0.2) is 38.1 Å². The van der Waals surface area contributed by atoms with E-state index >= 15 is 0 Å². The molecule has 0 unspecified atom stereocenters. The lowest BCUT2D eigenvalue weighted by molar-refractivity contribution is 0.481. The molecule has 2 N–H and O–H groups in total. The number of hydrogen-bond donors (Lipinski definition) is 2. The van der Waals surface area contributed by atoms with Crippen molar-refractivity contribution in [3.63, 3.8) is 0 Å². The lowest BCUT2D eigenvalue weighted by atomic mass is 10.0. The summed E-state index contributed by atoms with van der Waals surface area (Å²) in [5.74, 6) is 1.58. The fourth-order valence-corrected chi connectivity index (χ4v) is 2.64. The molecule has 0 bridgehead atoms. The van der Waals surface area contributed by atoms with Gasteiger partial charge in [-0.1, -0.05) is 26.7 Å². The molecule has 1 heterocycles. The molecule has 0 radical (unpaired) electrons. The minimum absolute atomic E-state index is 0. The van der Waals surface area contributed by atoms with E-state index in [0.717, 1.165) is 29.9 Å². The SMILES string of the molecule is CCNC(=NCc1csc(N(C)C)n1)NCC(CC)CC.I. The lowest BCUT2D eigenvalue weighted by Gasteiger charge is -2.16. The number of guanidine groups is 1. The van der Waals surface area contributed by atoms with Crippen LogP contribution in [0.4, 0.5) is 5.13 Å². The molecule has 22 heavy (non-hydrogen) atoms. The van der Waals surface area contributed by atoms with Crippen LogP contribution in [0.25, 0.3) is 0 Å². The van der Waals surface area contributed by atoms with Gasteiger partial charge in [-0.25, -0.2) is 9.98 Å². The third kappa shape index (κ3) is 7.62. The van der Waals surface area contributed by atoms with E-state index in [-0.39, 0.29) is 24.0 Å². The van der Waals surface area contributed by atoms with E-state index in [1.807, 2.05) is 19.0 Å². The van der Waals surface area contributed by atoms with Crippen molar-refractivity contribution in [1.82, 2.24) is 15.6 Å². The first-order valence-corrected chi connectivity index (χ1v) is 8.62. The van der Waals surface area contributed by atoms with E-state index in [0.29, 0.717) is 12.5 Å². The molecule has 128 valence electrons. The number of nitrogens with one attached hydrogen (secondary N) is 2. The largest absolute Gasteiger partial charge is 0.357 e. The highest BCUT2D eigenvalue weighted by atomic mass is 127. The van der Waals surface area contributed by atoms with Crippen molar-refractivity contribution in [2.24, 2.45) is 10.9 Å². The van der Waals surface area contributed by atoms with Crippen LogP contribution in [0.2, 0.25) is 0 Å². The van der Waals surface area contributed by atoms with Crippen LogP contribution in [0.15, 0.2) is 10.4 Å². The summed E-state index contributed by atoms with van der Waals surface area (Å²) in [6.07, 6.45) is 2.39. The lowest BCUT2D eigenvalue weighted by Crippen LogP contribution is -2.39. The highest BCUT2D eigenvalue weighted by Crippen LogP contribution is 2.18. The van der Waals surface area contributed by atoms with Gasteiger partial charge < -0.3 is 15.5 Å². The van der Waals surface area contributed by atoms with Crippen molar-refractivity contribution in [3.05, 3.63) is 11.1 Å². The average molecular weight is 439 g/mol. The van der Waals surface area contributed by atoms with Gasteiger partial charge in [0.05, 0.1) is 12.2 Å². The summed E-state index contributed by atoms with van der Waals surface area (Å²) in [7, 11) is 4.01. The molecule has 5 nitrogen and oxygen atoms in total. The fourth-order valence-electron chi connectivity index (χ4n) is 1.89. The molecule has 0 fully saturated rings. The van der Waals surface area contributed by atoms with Gasteiger partial charge in [0.2, 0.25) is 0 Å². The minimum Gasteiger partial charge on any atom is -0.357 e. The van der Waals surface area contributed by atoms with Crippen LogP contribution in [0.1, 0.15) is 39.3 Å². The maximum Gasteiger partial charge on any atom is 0.191 e. The molecule has 0 aliphatic rings. The summed E-state index contributed by atoms with van der Waals surface area (Å²) in [5.41, 5.74) is 1.02. The first-order valence-electron chi connectivity index (χ1n) is 7.74. The van der Waals surface area contributed by atoms with Gasteiger partial charge in [-0.3, -0.25) is 0 Å². The Hall–Kier alpha value is -0.570. The second kappa shape index (κ2) is 11.9. The third-order valence-corrected chi connectivity index (χ3v) is 4.44. The van der Waals surface area contributed by atoms with Gasteiger partial charge in [0.25, 0.3) is 0 Å². The van der Waals surface area contributed by atoms with Crippen LogP contribution in [0.3, 0.4) is 0 Å². The van der Waals surface area contributed by atoms with Crippen LogP contribution >= 0.6 is 35.3 Å². The van der Waals surface area contributed by atoms with Gasteiger partial charge in [0.1, 0.15) is 0 Å². The number of rotatable bonds is 8. The number of aliphatic imine (C=N–C) groups is 1. The van der Waals surface area contributed by atoms with Crippen molar-refractivity contribution in [1.29, 1.82) is 0 Å². The van der Waals surface area contributed by atoms with Gasteiger partial charge in [0, 0.05) is 32.6 Å².